The highest BCUT2D eigenvalue weighted by Gasteiger charge is 2.16. The fraction of sp³-hybridized carbons (Fsp3) is 0.100. The van der Waals surface area contributed by atoms with E-state index < -0.39 is 7.92 Å². The number of hydrogen-bond acceptors (Lipinski definition) is 1. The lowest BCUT2D eigenvalue weighted by Gasteiger charge is -2.20. The van der Waals surface area contributed by atoms with E-state index in [1.54, 1.807) is 0 Å². The quantitative estimate of drug-likeness (QED) is 0.365. The first-order valence-electron chi connectivity index (χ1n) is 7.68. The van der Waals surface area contributed by atoms with Gasteiger partial charge in [-0.1, -0.05) is 80.4 Å². The summed E-state index contributed by atoms with van der Waals surface area (Å²) in [6, 6.07) is 26.4. The van der Waals surface area contributed by atoms with Gasteiger partial charge in [0.15, 0.2) is 0 Å². The molecule has 0 aliphatic carbocycles. The van der Waals surface area contributed by atoms with Crippen LogP contribution in [0.4, 0.5) is 0 Å². The van der Waals surface area contributed by atoms with Crippen LogP contribution in [0.3, 0.4) is 0 Å². The van der Waals surface area contributed by atoms with Gasteiger partial charge in [-0.25, -0.2) is 0 Å². The molecule has 0 aliphatic heterocycles. The summed E-state index contributed by atoms with van der Waals surface area (Å²) < 4.78 is 2.22. The van der Waals surface area contributed by atoms with E-state index in [4.69, 9.17) is 0 Å². The number of benzene rings is 3. The number of halogens is 2. The maximum Gasteiger partial charge on any atom is 0.0175 e. The third-order valence-corrected chi connectivity index (χ3v) is 7.49. The largest absolute Gasteiger partial charge is 0.179 e. The Morgan fingerprint density at radius 1 is 0.625 bits per heavy atom. The first kappa shape index (κ1) is 18.2. The van der Waals surface area contributed by atoms with Crippen molar-refractivity contribution in [1.82, 2.24) is 0 Å². The lowest BCUT2D eigenvalue weighted by Crippen LogP contribution is -2.20. The summed E-state index contributed by atoms with van der Waals surface area (Å²) in [4.78, 5) is 0. The molecule has 0 saturated heterocycles. The second-order valence-electron chi connectivity index (χ2n) is 5.43. The summed E-state index contributed by atoms with van der Waals surface area (Å²) in [6.07, 6.45) is 1.01. The van der Waals surface area contributed by atoms with Gasteiger partial charge in [0.05, 0.1) is 0 Å². The molecule has 0 aromatic heterocycles. The molecule has 0 fully saturated rings. The van der Waals surface area contributed by atoms with Crippen molar-refractivity contribution in [2.75, 3.05) is 5.75 Å². The van der Waals surface area contributed by atoms with E-state index >= 15 is 0 Å². The van der Waals surface area contributed by atoms with Crippen LogP contribution in [0, 0.1) is 0 Å². The molecule has 0 heterocycles. The first-order valence-corrected chi connectivity index (χ1v) is 11.2. The van der Waals surface area contributed by atoms with Crippen LogP contribution < -0.4 is 15.9 Å². The van der Waals surface area contributed by atoms with Gasteiger partial charge in [0, 0.05) is 8.95 Å². The van der Waals surface area contributed by atoms with Gasteiger partial charge in [-0.3, -0.25) is 0 Å². The van der Waals surface area contributed by atoms with Crippen LogP contribution in [0.25, 0.3) is 0 Å². The highest BCUT2D eigenvalue weighted by Crippen LogP contribution is 2.33. The van der Waals surface area contributed by atoms with Crippen LogP contribution in [0.5, 0.6) is 0 Å². The maximum absolute atomic E-state index is 4.33. The van der Waals surface area contributed by atoms with E-state index in [2.05, 4.69) is 117 Å². The monoisotopic (exact) mass is 478 g/mol. The molecule has 0 bridgehead atoms. The molecule has 0 atom stereocenters. The SMILES string of the molecule is SCCc1ccc(P(c2ccc(Br)cc2)c2ccc(Br)cc2)cc1. The Bertz CT molecular complexity index is 738. The molecule has 0 nitrogen and oxygen atoms in total. The minimum Gasteiger partial charge on any atom is -0.179 e. The van der Waals surface area contributed by atoms with Crippen molar-refractivity contribution in [1.29, 1.82) is 0 Å². The zero-order valence-corrected chi connectivity index (χ0v) is 18.0. The van der Waals surface area contributed by atoms with Crippen molar-refractivity contribution in [3.05, 3.63) is 87.3 Å². The van der Waals surface area contributed by atoms with E-state index in [0.717, 1.165) is 21.1 Å². The molecule has 24 heavy (non-hydrogen) atoms. The number of thiol groups is 1. The molecule has 4 heteroatoms. The third-order valence-electron chi connectivity index (χ3n) is 3.76. The molecule has 3 rings (SSSR count). The first-order chi connectivity index (χ1) is 11.7. The second-order valence-corrected chi connectivity index (χ2v) is 9.93. The van der Waals surface area contributed by atoms with Crippen molar-refractivity contribution in [3.8, 4) is 0 Å². The van der Waals surface area contributed by atoms with Crippen LogP contribution in [-0.4, -0.2) is 5.75 Å². The van der Waals surface area contributed by atoms with E-state index in [9.17, 15) is 0 Å². The third kappa shape index (κ3) is 4.52. The minimum atomic E-state index is -0.553. The van der Waals surface area contributed by atoms with Crippen molar-refractivity contribution in [3.63, 3.8) is 0 Å². The Kier molecular flexibility index (Phi) is 6.57. The summed E-state index contributed by atoms with van der Waals surface area (Å²) in [5, 5.41) is 4.09. The smallest absolute Gasteiger partial charge is 0.0175 e. The van der Waals surface area contributed by atoms with Gasteiger partial charge in [-0.15, -0.1) is 0 Å². The van der Waals surface area contributed by atoms with Crippen molar-refractivity contribution >= 4 is 68.3 Å². The van der Waals surface area contributed by atoms with E-state index in [0.29, 0.717) is 0 Å². The van der Waals surface area contributed by atoms with E-state index in [1.807, 2.05) is 0 Å². The highest BCUT2D eigenvalue weighted by atomic mass is 79.9. The minimum absolute atomic E-state index is 0.553. The highest BCUT2D eigenvalue weighted by molar-refractivity contribution is 9.10. The summed E-state index contributed by atoms with van der Waals surface area (Å²) in [7, 11) is -0.553. The molecule has 3 aromatic rings. The predicted molar refractivity (Wildman–Crippen MR) is 118 cm³/mol. The van der Waals surface area contributed by atoms with Gasteiger partial charge >= 0.3 is 0 Å². The van der Waals surface area contributed by atoms with Crippen molar-refractivity contribution in [2.24, 2.45) is 0 Å². The Morgan fingerprint density at radius 2 is 1.00 bits per heavy atom. The predicted octanol–water partition coefficient (Wildman–Crippen LogP) is 5.44. The molecule has 0 N–H and O–H groups in total. The second kappa shape index (κ2) is 8.67. The van der Waals surface area contributed by atoms with Crippen LogP contribution in [0.1, 0.15) is 5.56 Å². The van der Waals surface area contributed by atoms with Crippen LogP contribution in [0.15, 0.2) is 81.7 Å². The standard InChI is InChI=1S/C20H17Br2PS/c21-16-3-9-19(10-4-16)23(20-11-5-17(22)6-12-20)18-7-1-15(2-8-18)13-14-24/h1-12,24H,13-14H2. The van der Waals surface area contributed by atoms with Gasteiger partial charge in [0.1, 0.15) is 0 Å². The van der Waals surface area contributed by atoms with Gasteiger partial charge in [-0.05, 0) is 65.8 Å². The number of hydrogen-bond donors (Lipinski definition) is 1. The zero-order valence-electron chi connectivity index (χ0n) is 13.0. The Hall–Kier alpha value is -0.600. The molecule has 0 unspecified atom stereocenters. The van der Waals surface area contributed by atoms with Gasteiger partial charge < -0.3 is 0 Å². The van der Waals surface area contributed by atoms with Gasteiger partial charge in [0.2, 0.25) is 0 Å². The van der Waals surface area contributed by atoms with E-state index in [-0.39, 0.29) is 0 Å². The summed E-state index contributed by atoms with van der Waals surface area (Å²) in [5.74, 6) is 0.882. The summed E-state index contributed by atoms with van der Waals surface area (Å²) >= 11 is 11.4. The molecular weight excluding hydrogens is 463 g/mol. The summed E-state index contributed by atoms with van der Waals surface area (Å²) in [5.41, 5.74) is 1.34. The number of aryl methyl sites for hydroxylation is 1. The molecule has 3 aromatic carbocycles. The van der Waals surface area contributed by atoms with Crippen LogP contribution in [0.2, 0.25) is 0 Å². The summed E-state index contributed by atoms with van der Waals surface area (Å²) in [6.45, 7) is 0. The Labute approximate surface area is 167 Å². The average Bonchev–Trinajstić information content (AvgIpc) is 2.60. The zero-order chi connectivity index (χ0) is 16.9. The normalized spacial score (nSPS) is 11.0. The molecular formula is C20H17Br2PS. The Balaban J connectivity index is 2.04. The molecule has 0 radical (unpaired) electrons. The number of rotatable bonds is 5. The van der Waals surface area contributed by atoms with Gasteiger partial charge in [0.25, 0.3) is 0 Å². The lowest BCUT2D eigenvalue weighted by atomic mass is 10.2. The van der Waals surface area contributed by atoms with Crippen molar-refractivity contribution in [2.45, 2.75) is 6.42 Å². The molecule has 122 valence electrons. The Morgan fingerprint density at radius 3 is 1.38 bits per heavy atom. The van der Waals surface area contributed by atoms with E-state index in [1.165, 1.54) is 21.5 Å². The molecule has 0 saturated carbocycles. The fourth-order valence-corrected chi connectivity index (χ4v) is 5.59. The average molecular weight is 480 g/mol. The topological polar surface area (TPSA) is 0 Å². The van der Waals surface area contributed by atoms with Gasteiger partial charge in [-0.2, -0.15) is 12.6 Å². The fourth-order valence-electron chi connectivity index (χ4n) is 2.57. The van der Waals surface area contributed by atoms with Crippen molar-refractivity contribution < 1.29 is 0 Å². The lowest BCUT2D eigenvalue weighted by molar-refractivity contribution is 1.17. The molecule has 0 amide bonds. The maximum atomic E-state index is 4.33. The molecule has 0 aliphatic rings. The van der Waals surface area contributed by atoms with Crippen LogP contribution >= 0.6 is 52.4 Å². The molecule has 0 spiro atoms. The van der Waals surface area contributed by atoms with Crippen LogP contribution in [-0.2, 0) is 6.42 Å².